The van der Waals surface area contributed by atoms with Gasteiger partial charge in [-0.15, -0.1) is 0 Å². The molecule has 0 aliphatic heterocycles. The molecule has 1 amide bonds. The van der Waals surface area contributed by atoms with E-state index in [1.54, 1.807) is 13.0 Å². The summed E-state index contributed by atoms with van der Waals surface area (Å²) in [6.45, 7) is 1.85. The van der Waals surface area contributed by atoms with Gasteiger partial charge in [-0.25, -0.2) is 0 Å². The Bertz CT molecular complexity index is 729. The second-order valence-electron chi connectivity index (χ2n) is 4.64. The van der Waals surface area contributed by atoms with Crippen LogP contribution in [0.3, 0.4) is 0 Å². The number of phenolic OH excluding ortho intramolecular Hbond substituents is 1. The number of rotatable bonds is 5. The Morgan fingerprint density at radius 1 is 1.55 bits per heavy atom. The van der Waals surface area contributed by atoms with E-state index in [9.17, 15) is 20.0 Å². The van der Waals surface area contributed by atoms with Crippen molar-refractivity contribution in [2.75, 3.05) is 5.32 Å². The zero-order valence-electron chi connectivity index (χ0n) is 11.6. The van der Waals surface area contributed by atoms with Gasteiger partial charge in [-0.2, -0.15) is 5.10 Å². The average Bonchev–Trinajstić information content (AvgIpc) is 2.91. The van der Waals surface area contributed by atoms with Gasteiger partial charge < -0.3 is 10.4 Å². The highest BCUT2D eigenvalue weighted by molar-refractivity contribution is 6.31. The largest absolute Gasteiger partial charge is 0.505 e. The molecule has 0 aliphatic carbocycles. The number of aromatic hydroxyl groups is 1. The Balaban J connectivity index is 1.97. The van der Waals surface area contributed by atoms with E-state index in [1.807, 2.05) is 0 Å². The van der Waals surface area contributed by atoms with E-state index < -0.39 is 4.92 Å². The number of carbonyl (C=O) groups is 1. The monoisotopic (exact) mass is 324 g/mol. The minimum absolute atomic E-state index is 0.0455. The van der Waals surface area contributed by atoms with Crippen LogP contribution in [0.1, 0.15) is 12.0 Å². The number of phenols is 1. The van der Waals surface area contributed by atoms with Crippen LogP contribution in [0.25, 0.3) is 0 Å². The van der Waals surface area contributed by atoms with Gasteiger partial charge in [0.2, 0.25) is 5.91 Å². The Kier molecular flexibility index (Phi) is 4.62. The second-order valence-corrected chi connectivity index (χ2v) is 5.07. The molecule has 0 spiro atoms. The molecule has 8 nitrogen and oxygen atoms in total. The quantitative estimate of drug-likeness (QED) is 0.498. The summed E-state index contributed by atoms with van der Waals surface area (Å²) in [6.07, 6.45) is 2.40. The van der Waals surface area contributed by atoms with Crippen molar-refractivity contribution in [3.8, 4) is 5.75 Å². The molecule has 0 unspecified atom stereocenters. The van der Waals surface area contributed by atoms with E-state index in [4.69, 9.17) is 11.6 Å². The maximum atomic E-state index is 11.9. The molecule has 0 atom stereocenters. The lowest BCUT2D eigenvalue weighted by atomic mass is 10.2. The third kappa shape index (κ3) is 3.73. The molecular weight excluding hydrogens is 312 g/mol. The van der Waals surface area contributed by atoms with Gasteiger partial charge in [0.15, 0.2) is 0 Å². The third-order valence-electron chi connectivity index (χ3n) is 2.94. The van der Waals surface area contributed by atoms with Crippen molar-refractivity contribution < 1.29 is 14.8 Å². The number of carbonyl (C=O) groups excluding carboxylic acids is 1. The van der Waals surface area contributed by atoms with Crippen LogP contribution in [0.4, 0.5) is 11.4 Å². The average molecular weight is 325 g/mol. The van der Waals surface area contributed by atoms with Crippen molar-refractivity contribution in [2.24, 2.45) is 0 Å². The van der Waals surface area contributed by atoms with Crippen molar-refractivity contribution in [3.63, 3.8) is 0 Å². The van der Waals surface area contributed by atoms with Gasteiger partial charge in [0, 0.05) is 18.0 Å². The zero-order chi connectivity index (χ0) is 16.3. The highest BCUT2D eigenvalue weighted by atomic mass is 35.5. The SMILES string of the molecule is Cc1cc(Cl)cc(NC(=O)CCn2cc([N+](=O)[O-])cn2)c1O. The zero-order valence-corrected chi connectivity index (χ0v) is 12.4. The number of nitro groups is 1. The van der Waals surface area contributed by atoms with Crippen LogP contribution >= 0.6 is 11.6 Å². The Morgan fingerprint density at radius 3 is 2.91 bits per heavy atom. The van der Waals surface area contributed by atoms with Gasteiger partial charge >= 0.3 is 5.69 Å². The van der Waals surface area contributed by atoms with Crippen LogP contribution in [0.15, 0.2) is 24.5 Å². The Labute approximate surface area is 130 Å². The fourth-order valence-corrected chi connectivity index (χ4v) is 2.10. The molecule has 0 saturated carbocycles. The summed E-state index contributed by atoms with van der Waals surface area (Å²) in [5, 5.41) is 27.1. The molecular formula is C13H13ClN4O4. The van der Waals surface area contributed by atoms with Crippen LogP contribution in [-0.4, -0.2) is 25.7 Å². The standard InChI is InChI=1S/C13H13ClN4O4/c1-8-4-9(14)5-11(13(8)20)16-12(19)2-3-17-7-10(6-15-17)18(21)22/h4-7,20H,2-3H2,1H3,(H,16,19). The summed E-state index contributed by atoms with van der Waals surface area (Å²) >= 11 is 5.87. The molecule has 0 bridgehead atoms. The van der Waals surface area contributed by atoms with Gasteiger partial charge in [-0.05, 0) is 24.6 Å². The molecule has 0 radical (unpaired) electrons. The number of hydrogen-bond donors (Lipinski definition) is 2. The van der Waals surface area contributed by atoms with Crippen LogP contribution < -0.4 is 5.32 Å². The van der Waals surface area contributed by atoms with Crippen molar-refractivity contribution in [1.82, 2.24) is 9.78 Å². The Morgan fingerprint density at radius 2 is 2.27 bits per heavy atom. The molecule has 1 aromatic heterocycles. The number of anilines is 1. The van der Waals surface area contributed by atoms with Crippen LogP contribution in [0, 0.1) is 17.0 Å². The normalized spacial score (nSPS) is 10.5. The number of halogens is 1. The Hall–Kier alpha value is -2.61. The fraction of sp³-hybridized carbons (Fsp3) is 0.231. The number of amides is 1. The van der Waals surface area contributed by atoms with Crippen LogP contribution in [0.5, 0.6) is 5.75 Å². The van der Waals surface area contributed by atoms with E-state index in [2.05, 4.69) is 10.4 Å². The number of nitrogens with zero attached hydrogens (tertiary/aromatic N) is 3. The molecule has 2 aromatic rings. The predicted octanol–water partition coefficient (Wildman–Crippen LogP) is 2.49. The summed E-state index contributed by atoms with van der Waals surface area (Å²) in [6, 6.07) is 3.02. The predicted molar refractivity (Wildman–Crippen MR) is 80.0 cm³/mol. The van der Waals surface area contributed by atoms with E-state index >= 15 is 0 Å². The smallest absolute Gasteiger partial charge is 0.306 e. The molecule has 1 aromatic carbocycles. The summed E-state index contributed by atoms with van der Waals surface area (Å²) in [7, 11) is 0. The summed E-state index contributed by atoms with van der Waals surface area (Å²) in [4.78, 5) is 21.8. The van der Waals surface area contributed by atoms with Gasteiger partial charge in [0.1, 0.15) is 18.1 Å². The lowest BCUT2D eigenvalue weighted by Gasteiger charge is -2.10. The molecule has 2 rings (SSSR count). The van der Waals surface area contributed by atoms with E-state index in [1.165, 1.54) is 16.9 Å². The van der Waals surface area contributed by atoms with Crippen molar-refractivity contribution in [2.45, 2.75) is 19.9 Å². The molecule has 0 aliphatic rings. The first-order valence-corrected chi connectivity index (χ1v) is 6.70. The molecule has 2 N–H and O–H groups in total. The number of hydrogen-bond acceptors (Lipinski definition) is 5. The molecule has 116 valence electrons. The van der Waals surface area contributed by atoms with Gasteiger partial charge in [-0.1, -0.05) is 11.6 Å². The molecule has 0 fully saturated rings. The highest BCUT2D eigenvalue weighted by Crippen LogP contribution is 2.30. The minimum Gasteiger partial charge on any atom is -0.505 e. The van der Waals surface area contributed by atoms with Gasteiger partial charge in [0.05, 0.1) is 10.6 Å². The molecule has 9 heteroatoms. The first kappa shape index (κ1) is 15.8. The van der Waals surface area contributed by atoms with E-state index in [-0.39, 0.29) is 36.0 Å². The highest BCUT2D eigenvalue weighted by Gasteiger charge is 2.12. The van der Waals surface area contributed by atoms with Gasteiger partial charge in [0.25, 0.3) is 0 Å². The van der Waals surface area contributed by atoms with Crippen molar-refractivity contribution >= 4 is 28.9 Å². The maximum absolute atomic E-state index is 11.9. The topological polar surface area (TPSA) is 110 Å². The van der Waals surface area contributed by atoms with E-state index in [0.717, 1.165) is 6.20 Å². The molecule has 1 heterocycles. The summed E-state index contributed by atoms with van der Waals surface area (Å²) < 4.78 is 1.31. The number of nitrogens with one attached hydrogen (secondary N) is 1. The third-order valence-corrected chi connectivity index (χ3v) is 3.16. The molecule has 0 saturated heterocycles. The van der Waals surface area contributed by atoms with Crippen molar-refractivity contribution in [3.05, 3.63) is 45.2 Å². The first-order valence-electron chi connectivity index (χ1n) is 6.32. The lowest BCUT2D eigenvalue weighted by molar-refractivity contribution is -0.385. The fourth-order valence-electron chi connectivity index (χ4n) is 1.83. The number of benzene rings is 1. The first-order chi connectivity index (χ1) is 10.4. The van der Waals surface area contributed by atoms with Crippen LogP contribution in [0.2, 0.25) is 5.02 Å². The number of aromatic nitrogens is 2. The molecule has 22 heavy (non-hydrogen) atoms. The lowest BCUT2D eigenvalue weighted by Crippen LogP contribution is -2.15. The minimum atomic E-state index is -0.559. The maximum Gasteiger partial charge on any atom is 0.306 e. The summed E-state index contributed by atoms with van der Waals surface area (Å²) in [5.74, 6) is -0.414. The second kappa shape index (κ2) is 6.44. The van der Waals surface area contributed by atoms with Gasteiger partial charge in [-0.3, -0.25) is 19.6 Å². The van der Waals surface area contributed by atoms with E-state index in [0.29, 0.717) is 10.6 Å². The number of aryl methyl sites for hydroxylation is 2. The summed E-state index contributed by atoms with van der Waals surface area (Å²) in [5.41, 5.74) is 0.635. The van der Waals surface area contributed by atoms with Crippen LogP contribution in [-0.2, 0) is 11.3 Å². The van der Waals surface area contributed by atoms with Crippen molar-refractivity contribution in [1.29, 1.82) is 0 Å².